The van der Waals surface area contributed by atoms with Gasteiger partial charge in [-0.15, -0.1) is 0 Å². The van der Waals surface area contributed by atoms with Gasteiger partial charge in [-0.2, -0.15) is 0 Å². The van der Waals surface area contributed by atoms with E-state index in [0.717, 1.165) is 19.3 Å². The van der Waals surface area contributed by atoms with Gasteiger partial charge in [0, 0.05) is 6.42 Å². The standard InChI is InChI=1S/C15H18BrNO4/c1-21-12-6-5-10(8-11(12)16)14(15(19)20)17-13(18)7-9-3-2-4-9/h5-6,8-9,14H,2-4,7H2,1H3,(H,17,18)(H,19,20). The number of aliphatic carboxylic acids is 1. The van der Waals surface area contributed by atoms with E-state index >= 15 is 0 Å². The van der Waals surface area contributed by atoms with Gasteiger partial charge in [-0.05, 0) is 52.4 Å². The van der Waals surface area contributed by atoms with Crippen molar-refractivity contribution in [2.24, 2.45) is 5.92 Å². The van der Waals surface area contributed by atoms with E-state index in [2.05, 4.69) is 21.2 Å². The van der Waals surface area contributed by atoms with E-state index < -0.39 is 12.0 Å². The van der Waals surface area contributed by atoms with E-state index in [9.17, 15) is 14.7 Å². The van der Waals surface area contributed by atoms with Gasteiger partial charge in [0.25, 0.3) is 0 Å². The molecule has 0 aromatic heterocycles. The summed E-state index contributed by atoms with van der Waals surface area (Å²) in [4.78, 5) is 23.3. The van der Waals surface area contributed by atoms with Gasteiger partial charge in [-0.25, -0.2) is 4.79 Å². The number of carboxylic acid groups (broad SMARTS) is 1. The van der Waals surface area contributed by atoms with E-state index in [4.69, 9.17) is 4.74 Å². The van der Waals surface area contributed by atoms with Crippen molar-refractivity contribution in [3.63, 3.8) is 0 Å². The Morgan fingerprint density at radius 1 is 1.48 bits per heavy atom. The van der Waals surface area contributed by atoms with Gasteiger partial charge in [0.1, 0.15) is 5.75 Å². The van der Waals surface area contributed by atoms with Gasteiger partial charge < -0.3 is 15.2 Å². The van der Waals surface area contributed by atoms with Crippen molar-refractivity contribution in [1.29, 1.82) is 0 Å². The number of halogens is 1. The maximum Gasteiger partial charge on any atom is 0.330 e. The number of hydrogen-bond donors (Lipinski definition) is 2. The van der Waals surface area contributed by atoms with Crippen molar-refractivity contribution >= 4 is 27.8 Å². The molecule has 1 amide bonds. The predicted octanol–water partition coefficient (Wildman–Crippen LogP) is 2.89. The highest BCUT2D eigenvalue weighted by Gasteiger charge is 2.26. The molecule has 1 atom stereocenters. The molecule has 0 heterocycles. The SMILES string of the molecule is COc1ccc(C(NC(=O)CC2CCC2)C(=O)O)cc1Br. The van der Waals surface area contributed by atoms with Crippen LogP contribution in [0.2, 0.25) is 0 Å². The van der Waals surface area contributed by atoms with E-state index in [1.807, 2.05) is 0 Å². The number of benzene rings is 1. The molecule has 1 saturated carbocycles. The van der Waals surface area contributed by atoms with Crippen molar-refractivity contribution in [2.45, 2.75) is 31.7 Å². The molecular weight excluding hydrogens is 338 g/mol. The Morgan fingerprint density at radius 2 is 2.19 bits per heavy atom. The zero-order chi connectivity index (χ0) is 15.4. The minimum atomic E-state index is -1.07. The van der Waals surface area contributed by atoms with Gasteiger partial charge in [0.05, 0.1) is 11.6 Å². The fraction of sp³-hybridized carbons (Fsp3) is 0.467. The average molecular weight is 356 g/mol. The van der Waals surface area contributed by atoms with Crippen LogP contribution in [-0.2, 0) is 9.59 Å². The van der Waals surface area contributed by atoms with E-state index in [0.29, 0.717) is 28.1 Å². The van der Waals surface area contributed by atoms with Crippen molar-refractivity contribution in [2.75, 3.05) is 7.11 Å². The molecule has 0 bridgehead atoms. The van der Waals surface area contributed by atoms with Crippen LogP contribution < -0.4 is 10.1 Å². The van der Waals surface area contributed by atoms with Crippen LogP contribution >= 0.6 is 15.9 Å². The zero-order valence-corrected chi connectivity index (χ0v) is 13.4. The molecule has 1 unspecified atom stereocenters. The fourth-order valence-electron chi connectivity index (χ4n) is 2.33. The molecule has 21 heavy (non-hydrogen) atoms. The second-order valence-electron chi connectivity index (χ2n) is 5.23. The molecule has 1 aliphatic rings. The smallest absolute Gasteiger partial charge is 0.330 e. The van der Waals surface area contributed by atoms with Crippen molar-refractivity contribution in [1.82, 2.24) is 5.32 Å². The fourth-order valence-corrected chi connectivity index (χ4v) is 2.89. The molecule has 1 aliphatic carbocycles. The number of methoxy groups -OCH3 is 1. The Balaban J connectivity index is 2.08. The van der Waals surface area contributed by atoms with Crippen LogP contribution in [-0.4, -0.2) is 24.1 Å². The van der Waals surface area contributed by atoms with Gasteiger partial charge in [0.15, 0.2) is 6.04 Å². The summed E-state index contributed by atoms with van der Waals surface area (Å²) in [6.07, 6.45) is 3.67. The van der Waals surface area contributed by atoms with E-state index in [1.165, 1.54) is 7.11 Å². The number of rotatable bonds is 6. The lowest BCUT2D eigenvalue weighted by Gasteiger charge is -2.25. The van der Waals surface area contributed by atoms with Gasteiger partial charge >= 0.3 is 5.97 Å². The van der Waals surface area contributed by atoms with Crippen molar-refractivity contribution < 1.29 is 19.4 Å². The molecule has 0 saturated heterocycles. The van der Waals surface area contributed by atoms with E-state index in [-0.39, 0.29) is 5.91 Å². The monoisotopic (exact) mass is 355 g/mol. The van der Waals surface area contributed by atoms with Gasteiger partial charge in [-0.1, -0.05) is 12.5 Å². The highest BCUT2D eigenvalue weighted by atomic mass is 79.9. The summed E-state index contributed by atoms with van der Waals surface area (Å²) in [6, 6.07) is 3.93. The third-order valence-corrected chi connectivity index (χ3v) is 4.38. The van der Waals surface area contributed by atoms with Crippen LogP contribution in [0.25, 0.3) is 0 Å². The first-order chi connectivity index (χ1) is 10.0. The largest absolute Gasteiger partial charge is 0.496 e. The summed E-state index contributed by atoms with van der Waals surface area (Å²) in [6.45, 7) is 0. The number of carboxylic acids is 1. The molecule has 1 fully saturated rings. The molecule has 5 nitrogen and oxygen atoms in total. The van der Waals surface area contributed by atoms with Crippen LogP contribution in [0.5, 0.6) is 5.75 Å². The maximum atomic E-state index is 11.9. The molecule has 2 N–H and O–H groups in total. The molecule has 0 aliphatic heterocycles. The molecule has 6 heteroatoms. The lowest BCUT2D eigenvalue weighted by Crippen LogP contribution is -2.35. The quantitative estimate of drug-likeness (QED) is 0.822. The molecule has 1 aromatic carbocycles. The summed E-state index contributed by atoms with van der Waals surface area (Å²) in [7, 11) is 1.54. The summed E-state index contributed by atoms with van der Waals surface area (Å²) in [5, 5.41) is 11.9. The second-order valence-corrected chi connectivity index (χ2v) is 6.09. The van der Waals surface area contributed by atoms with Crippen LogP contribution in [0.1, 0.15) is 37.3 Å². The normalized spacial score (nSPS) is 15.9. The number of ether oxygens (including phenoxy) is 1. The summed E-state index contributed by atoms with van der Waals surface area (Å²) in [5.74, 6) is -0.265. The van der Waals surface area contributed by atoms with Crippen LogP contribution in [0.15, 0.2) is 22.7 Å². The predicted molar refractivity (Wildman–Crippen MR) is 81.2 cm³/mol. The highest BCUT2D eigenvalue weighted by Crippen LogP contribution is 2.30. The Kier molecular flexibility index (Phi) is 5.22. The minimum absolute atomic E-state index is 0.209. The third-order valence-electron chi connectivity index (χ3n) is 3.76. The summed E-state index contributed by atoms with van der Waals surface area (Å²) < 4.78 is 5.77. The average Bonchev–Trinajstić information content (AvgIpc) is 2.40. The van der Waals surface area contributed by atoms with Crippen molar-refractivity contribution in [3.05, 3.63) is 28.2 Å². The molecule has 114 valence electrons. The Bertz CT molecular complexity index is 542. The van der Waals surface area contributed by atoms with Crippen molar-refractivity contribution in [3.8, 4) is 5.75 Å². The number of hydrogen-bond acceptors (Lipinski definition) is 3. The third kappa shape index (κ3) is 3.97. The molecule has 0 radical (unpaired) electrons. The number of nitrogens with one attached hydrogen (secondary N) is 1. The lowest BCUT2D eigenvalue weighted by molar-refractivity contribution is -0.142. The Labute approximate surface area is 131 Å². The topological polar surface area (TPSA) is 75.6 Å². The van der Waals surface area contributed by atoms with Crippen LogP contribution in [0.4, 0.5) is 0 Å². The Morgan fingerprint density at radius 3 is 2.67 bits per heavy atom. The van der Waals surface area contributed by atoms with Gasteiger partial charge in [-0.3, -0.25) is 4.79 Å². The molecular formula is C15H18BrNO4. The first-order valence-corrected chi connectivity index (χ1v) is 7.66. The number of carbonyl (C=O) groups is 2. The molecule has 0 spiro atoms. The number of amides is 1. The molecule has 1 aromatic rings. The maximum absolute atomic E-state index is 11.9. The number of carbonyl (C=O) groups excluding carboxylic acids is 1. The lowest BCUT2D eigenvalue weighted by atomic mass is 9.83. The van der Waals surface area contributed by atoms with Crippen LogP contribution in [0.3, 0.4) is 0 Å². The van der Waals surface area contributed by atoms with Gasteiger partial charge in [0.2, 0.25) is 5.91 Å². The first-order valence-electron chi connectivity index (χ1n) is 6.87. The summed E-state index contributed by atoms with van der Waals surface area (Å²) in [5.41, 5.74) is 0.511. The van der Waals surface area contributed by atoms with Crippen LogP contribution in [0, 0.1) is 5.92 Å². The van der Waals surface area contributed by atoms with E-state index in [1.54, 1.807) is 18.2 Å². The Hall–Kier alpha value is -1.56. The minimum Gasteiger partial charge on any atom is -0.496 e. The first kappa shape index (κ1) is 15.8. The summed E-state index contributed by atoms with van der Waals surface area (Å²) >= 11 is 3.32. The highest BCUT2D eigenvalue weighted by molar-refractivity contribution is 9.10. The second kappa shape index (κ2) is 6.93. The zero-order valence-electron chi connectivity index (χ0n) is 11.8. The molecule has 2 rings (SSSR count).